The number of para-hydroxylation sites is 1. The van der Waals surface area contributed by atoms with Crippen LogP contribution in [0.1, 0.15) is 12.5 Å². The molecule has 0 saturated carbocycles. The summed E-state index contributed by atoms with van der Waals surface area (Å²) in [5, 5.41) is 10.9. The molecule has 3 aromatic carbocycles. The average Bonchev–Trinajstić information content (AvgIpc) is 3.25. The molecule has 4 aromatic rings. The van der Waals surface area contributed by atoms with Gasteiger partial charge in [0.2, 0.25) is 5.91 Å². The standard InChI is InChI=1S/C25H22F2N4O2S/c1-15-8-11-18(12-9-15)31-23(19-6-4-5-7-22(19)33-3)29-30-25(31)34-16(2)24(32)28-21-14-17(26)10-13-20(21)27/h4-14,16H,1-3H3,(H,28,32). The summed E-state index contributed by atoms with van der Waals surface area (Å²) in [6.45, 7) is 3.65. The van der Waals surface area contributed by atoms with Crippen LogP contribution in [0.3, 0.4) is 0 Å². The number of hydrogen-bond donors (Lipinski definition) is 1. The Kier molecular flexibility index (Phi) is 6.93. The lowest BCUT2D eigenvalue weighted by Gasteiger charge is -2.15. The Morgan fingerprint density at radius 1 is 1.06 bits per heavy atom. The van der Waals surface area contributed by atoms with Crippen molar-refractivity contribution in [2.45, 2.75) is 24.3 Å². The monoisotopic (exact) mass is 480 g/mol. The van der Waals surface area contributed by atoms with Gasteiger partial charge in [-0.25, -0.2) is 8.78 Å². The van der Waals surface area contributed by atoms with Gasteiger partial charge in [-0.05, 0) is 50.2 Å². The molecule has 1 aromatic heterocycles. The zero-order valence-corrected chi connectivity index (χ0v) is 19.6. The van der Waals surface area contributed by atoms with E-state index in [2.05, 4.69) is 15.5 Å². The molecule has 0 radical (unpaired) electrons. The van der Waals surface area contributed by atoms with E-state index in [-0.39, 0.29) is 5.69 Å². The van der Waals surface area contributed by atoms with Gasteiger partial charge < -0.3 is 10.1 Å². The fourth-order valence-electron chi connectivity index (χ4n) is 3.32. The quantitative estimate of drug-likeness (QED) is 0.346. The first-order valence-electron chi connectivity index (χ1n) is 10.5. The SMILES string of the molecule is COc1ccccc1-c1nnc(SC(C)C(=O)Nc2cc(F)ccc2F)n1-c1ccc(C)cc1. The van der Waals surface area contributed by atoms with Crippen molar-refractivity contribution in [2.24, 2.45) is 0 Å². The van der Waals surface area contributed by atoms with Crippen molar-refractivity contribution in [3.8, 4) is 22.8 Å². The van der Waals surface area contributed by atoms with Gasteiger partial charge >= 0.3 is 0 Å². The summed E-state index contributed by atoms with van der Waals surface area (Å²) in [6, 6.07) is 18.2. The molecule has 174 valence electrons. The minimum atomic E-state index is -0.715. The second-order valence-electron chi connectivity index (χ2n) is 7.55. The molecule has 0 bridgehead atoms. The number of nitrogens with one attached hydrogen (secondary N) is 1. The maximum absolute atomic E-state index is 14.0. The van der Waals surface area contributed by atoms with Gasteiger partial charge in [-0.1, -0.05) is 41.6 Å². The molecule has 0 spiro atoms. The summed E-state index contributed by atoms with van der Waals surface area (Å²) in [7, 11) is 1.58. The fourth-order valence-corrected chi connectivity index (χ4v) is 4.18. The number of halogens is 2. The number of aromatic nitrogens is 3. The first kappa shape index (κ1) is 23.4. The molecule has 0 aliphatic carbocycles. The Morgan fingerprint density at radius 2 is 1.79 bits per heavy atom. The maximum Gasteiger partial charge on any atom is 0.237 e. The van der Waals surface area contributed by atoms with E-state index in [9.17, 15) is 13.6 Å². The Labute approximate surface area is 200 Å². The normalized spacial score (nSPS) is 11.8. The molecular weight excluding hydrogens is 458 g/mol. The van der Waals surface area contributed by atoms with Crippen molar-refractivity contribution < 1.29 is 18.3 Å². The van der Waals surface area contributed by atoms with Gasteiger partial charge in [0.05, 0.1) is 23.6 Å². The lowest BCUT2D eigenvalue weighted by atomic mass is 10.1. The third-order valence-corrected chi connectivity index (χ3v) is 6.15. The van der Waals surface area contributed by atoms with Crippen LogP contribution in [0.15, 0.2) is 71.9 Å². The molecule has 1 heterocycles. The van der Waals surface area contributed by atoms with Gasteiger partial charge in [0, 0.05) is 11.8 Å². The molecule has 6 nitrogen and oxygen atoms in total. The number of methoxy groups -OCH3 is 1. The second kappa shape index (κ2) is 10.0. The number of hydrogen-bond acceptors (Lipinski definition) is 5. The highest BCUT2D eigenvalue weighted by Crippen LogP contribution is 2.34. The minimum absolute atomic E-state index is 0.216. The minimum Gasteiger partial charge on any atom is -0.496 e. The molecular formula is C25H22F2N4O2S. The van der Waals surface area contributed by atoms with Gasteiger partial charge in [-0.15, -0.1) is 10.2 Å². The number of aryl methyl sites for hydroxylation is 1. The number of thioether (sulfide) groups is 1. The molecule has 34 heavy (non-hydrogen) atoms. The smallest absolute Gasteiger partial charge is 0.237 e. The lowest BCUT2D eigenvalue weighted by Crippen LogP contribution is -2.23. The Morgan fingerprint density at radius 3 is 2.53 bits per heavy atom. The molecule has 1 N–H and O–H groups in total. The van der Waals surface area contributed by atoms with Gasteiger partial charge in [0.15, 0.2) is 11.0 Å². The van der Waals surface area contributed by atoms with E-state index in [1.54, 1.807) is 14.0 Å². The fraction of sp³-hybridized carbons (Fsp3) is 0.160. The summed E-state index contributed by atoms with van der Waals surface area (Å²) in [5.74, 6) is -0.669. The van der Waals surface area contributed by atoms with E-state index in [1.165, 1.54) is 0 Å². The van der Waals surface area contributed by atoms with E-state index in [0.29, 0.717) is 16.7 Å². The van der Waals surface area contributed by atoms with E-state index < -0.39 is 22.8 Å². The van der Waals surface area contributed by atoms with E-state index in [0.717, 1.165) is 46.8 Å². The van der Waals surface area contributed by atoms with Crippen LogP contribution in [-0.2, 0) is 4.79 Å². The molecule has 0 fully saturated rings. The van der Waals surface area contributed by atoms with Crippen LogP contribution in [0, 0.1) is 18.6 Å². The van der Waals surface area contributed by atoms with Crippen LogP contribution >= 0.6 is 11.8 Å². The Bertz CT molecular complexity index is 1330. The average molecular weight is 481 g/mol. The first-order chi connectivity index (χ1) is 16.4. The molecule has 0 aliphatic rings. The predicted octanol–water partition coefficient (Wildman–Crippen LogP) is 5.65. The van der Waals surface area contributed by atoms with E-state index in [1.807, 2.05) is 60.0 Å². The van der Waals surface area contributed by atoms with E-state index in [4.69, 9.17) is 4.74 Å². The van der Waals surface area contributed by atoms with Gasteiger partial charge in [-0.3, -0.25) is 9.36 Å². The highest BCUT2D eigenvalue weighted by Gasteiger charge is 2.24. The Balaban J connectivity index is 1.69. The number of rotatable bonds is 7. The van der Waals surface area contributed by atoms with Crippen LogP contribution in [0.5, 0.6) is 5.75 Å². The number of carbonyl (C=O) groups is 1. The third-order valence-electron chi connectivity index (χ3n) is 5.11. The molecule has 4 rings (SSSR count). The molecule has 1 amide bonds. The van der Waals surface area contributed by atoms with Gasteiger partial charge in [0.25, 0.3) is 0 Å². The number of ether oxygens (including phenoxy) is 1. The van der Waals surface area contributed by atoms with Crippen molar-refractivity contribution in [2.75, 3.05) is 12.4 Å². The van der Waals surface area contributed by atoms with Crippen LogP contribution in [0.4, 0.5) is 14.5 Å². The van der Waals surface area contributed by atoms with Crippen LogP contribution in [0.25, 0.3) is 17.1 Å². The highest BCUT2D eigenvalue weighted by atomic mass is 32.2. The van der Waals surface area contributed by atoms with E-state index >= 15 is 0 Å². The lowest BCUT2D eigenvalue weighted by molar-refractivity contribution is -0.115. The van der Waals surface area contributed by atoms with Crippen molar-refractivity contribution in [1.82, 2.24) is 14.8 Å². The third kappa shape index (κ3) is 4.94. The van der Waals surface area contributed by atoms with Crippen molar-refractivity contribution in [3.63, 3.8) is 0 Å². The summed E-state index contributed by atoms with van der Waals surface area (Å²) in [6.07, 6.45) is 0. The van der Waals surface area contributed by atoms with Crippen molar-refractivity contribution in [1.29, 1.82) is 0 Å². The molecule has 1 unspecified atom stereocenters. The maximum atomic E-state index is 14.0. The molecule has 0 saturated heterocycles. The molecule has 9 heteroatoms. The first-order valence-corrected chi connectivity index (χ1v) is 11.3. The number of anilines is 1. The van der Waals surface area contributed by atoms with Crippen molar-refractivity contribution >= 4 is 23.4 Å². The second-order valence-corrected chi connectivity index (χ2v) is 8.86. The zero-order valence-electron chi connectivity index (χ0n) is 18.8. The van der Waals surface area contributed by atoms with Crippen LogP contribution in [-0.4, -0.2) is 33.0 Å². The summed E-state index contributed by atoms with van der Waals surface area (Å²) in [4.78, 5) is 12.8. The summed E-state index contributed by atoms with van der Waals surface area (Å²) in [5.41, 5.74) is 2.42. The zero-order chi connectivity index (χ0) is 24.2. The van der Waals surface area contributed by atoms with Gasteiger partial charge in [-0.2, -0.15) is 0 Å². The summed E-state index contributed by atoms with van der Waals surface area (Å²) < 4.78 is 34.8. The predicted molar refractivity (Wildman–Crippen MR) is 128 cm³/mol. The largest absolute Gasteiger partial charge is 0.496 e. The van der Waals surface area contributed by atoms with Crippen LogP contribution < -0.4 is 10.1 Å². The molecule has 0 aliphatic heterocycles. The highest BCUT2D eigenvalue weighted by molar-refractivity contribution is 8.00. The van der Waals surface area contributed by atoms with Crippen molar-refractivity contribution in [3.05, 3.63) is 83.9 Å². The number of benzene rings is 3. The molecule has 1 atom stereocenters. The summed E-state index contributed by atoms with van der Waals surface area (Å²) >= 11 is 1.16. The Hall–Kier alpha value is -3.72. The number of carbonyl (C=O) groups excluding carboxylic acids is 1. The topological polar surface area (TPSA) is 69.0 Å². The van der Waals surface area contributed by atoms with Crippen LogP contribution in [0.2, 0.25) is 0 Å². The van der Waals surface area contributed by atoms with Gasteiger partial charge in [0.1, 0.15) is 17.4 Å². The number of amides is 1. The number of nitrogens with zero attached hydrogens (tertiary/aromatic N) is 3.